The highest BCUT2D eigenvalue weighted by Gasteiger charge is 2.31. The molecule has 0 spiro atoms. The van der Waals surface area contributed by atoms with Crippen molar-refractivity contribution >= 4 is 34.3 Å². The van der Waals surface area contributed by atoms with Gasteiger partial charge in [0.15, 0.2) is 5.75 Å². The monoisotopic (exact) mass is 534 g/mol. The van der Waals surface area contributed by atoms with E-state index in [9.17, 15) is 14.9 Å². The second kappa shape index (κ2) is 10.2. The molecular formula is C29H31ClN4O4. The third-order valence-electron chi connectivity index (χ3n) is 7.41. The lowest BCUT2D eigenvalue weighted by Crippen LogP contribution is -2.24. The van der Waals surface area contributed by atoms with Gasteiger partial charge >= 0.3 is 5.97 Å². The van der Waals surface area contributed by atoms with Crippen molar-refractivity contribution in [3.8, 4) is 11.4 Å². The molecule has 0 aliphatic heterocycles. The summed E-state index contributed by atoms with van der Waals surface area (Å²) in [7, 11) is 0. The molecule has 0 fully saturated rings. The first-order valence-corrected chi connectivity index (χ1v) is 12.9. The smallest absolute Gasteiger partial charge is 0.343 e. The van der Waals surface area contributed by atoms with Crippen LogP contribution >= 0.6 is 11.6 Å². The van der Waals surface area contributed by atoms with Crippen LogP contribution in [0.15, 0.2) is 54.6 Å². The van der Waals surface area contributed by atoms with Crippen LogP contribution in [0.25, 0.3) is 16.7 Å². The predicted molar refractivity (Wildman–Crippen MR) is 149 cm³/mol. The van der Waals surface area contributed by atoms with Crippen LogP contribution in [0, 0.1) is 10.1 Å². The summed E-state index contributed by atoms with van der Waals surface area (Å²) in [6, 6.07) is 14.7. The number of fused-ring (bicyclic) bond motifs is 1. The molecule has 3 aromatic carbocycles. The average Bonchev–Trinajstić information content (AvgIpc) is 3.31. The summed E-state index contributed by atoms with van der Waals surface area (Å²) in [5, 5.41) is 20.9. The molecule has 0 N–H and O–H groups in total. The van der Waals surface area contributed by atoms with Gasteiger partial charge in [-0.2, -0.15) is 0 Å². The SMILES string of the molecule is CCC(C)(C)c1cc(-n2nc3ccc(Cl)cc3n2)c(OC(=O)c2ccc([N+](=O)[O-])cc2)c(C(C)(C)CC)c1. The number of non-ortho nitro benzene ring substituents is 1. The zero-order valence-corrected chi connectivity index (χ0v) is 23.2. The molecule has 0 aliphatic rings. The summed E-state index contributed by atoms with van der Waals surface area (Å²) in [4.78, 5) is 25.4. The van der Waals surface area contributed by atoms with E-state index in [0.717, 1.165) is 24.0 Å². The van der Waals surface area contributed by atoms with Gasteiger partial charge in [-0.3, -0.25) is 10.1 Å². The molecule has 9 heteroatoms. The molecule has 38 heavy (non-hydrogen) atoms. The zero-order chi connectivity index (χ0) is 27.8. The molecule has 1 heterocycles. The molecule has 0 aliphatic carbocycles. The molecule has 0 radical (unpaired) electrons. The Kier molecular flexibility index (Phi) is 7.30. The molecule has 4 aromatic rings. The number of esters is 1. The van der Waals surface area contributed by atoms with Crippen molar-refractivity contribution < 1.29 is 14.5 Å². The highest BCUT2D eigenvalue weighted by atomic mass is 35.5. The molecule has 198 valence electrons. The minimum Gasteiger partial charge on any atom is -0.420 e. The molecular weight excluding hydrogens is 504 g/mol. The molecule has 0 atom stereocenters. The number of nitro groups is 1. The van der Waals surface area contributed by atoms with Gasteiger partial charge in [0.1, 0.15) is 16.7 Å². The minimum absolute atomic E-state index is 0.104. The van der Waals surface area contributed by atoms with E-state index in [1.54, 1.807) is 18.2 Å². The van der Waals surface area contributed by atoms with Crippen LogP contribution < -0.4 is 4.74 Å². The van der Waals surface area contributed by atoms with Gasteiger partial charge in [-0.25, -0.2) is 4.79 Å². The van der Waals surface area contributed by atoms with Crippen LogP contribution in [0.4, 0.5) is 5.69 Å². The number of benzene rings is 3. The molecule has 1 aromatic heterocycles. The maximum absolute atomic E-state index is 13.3. The van der Waals surface area contributed by atoms with E-state index in [0.29, 0.717) is 27.5 Å². The van der Waals surface area contributed by atoms with Gasteiger partial charge < -0.3 is 4.74 Å². The number of hydrogen-bond donors (Lipinski definition) is 0. The number of nitro benzene ring substituents is 1. The molecule has 0 bridgehead atoms. The number of ether oxygens (including phenoxy) is 1. The first-order valence-electron chi connectivity index (χ1n) is 12.5. The number of halogens is 1. The van der Waals surface area contributed by atoms with Crippen molar-refractivity contribution in [2.75, 3.05) is 0 Å². The average molecular weight is 535 g/mol. The minimum atomic E-state index is -0.628. The summed E-state index contributed by atoms with van der Waals surface area (Å²) in [6.45, 7) is 12.8. The van der Waals surface area contributed by atoms with E-state index >= 15 is 0 Å². The number of hydrogen-bond acceptors (Lipinski definition) is 6. The quantitative estimate of drug-likeness (QED) is 0.0999. The Balaban J connectivity index is 1.95. The Morgan fingerprint density at radius 3 is 2.18 bits per heavy atom. The van der Waals surface area contributed by atoms with Gasteiger partial charge in [-0.15, -0.1) is 15.0 Å². The van der Waals surface area contributed by atoms with Gasteiger partial charge in [0.25, 0.3) is 5.69 Å². The molecule has 0 unspecified atom stereocenters. The van der Waals surface area contributed by atoms with Gasteiger partial charge in [0, 0.05) is 22.7 Å². The van der Waals surface area contributed by atoms with Crippen LogP contribution in [0.2, 0.25) is 5.02 Å². The third kappa shape index (κ3) is 5.27. The Bertz CT molecular complexity index is 1520. The van der Waals surface area contributed by atoms with E-state index < -0.39 is 10.9 Å². The Morgan fingerprint density at radius 1 is 0.947 bits per heavy atom. The maximum atomic E-state index is 13.3. The van der Waals surface area contributed by atoms with Crippen LogP contribution in [0.1, 0.15) is 75.9 Å². The van der Waals surface area contributed by atoms with Gasteiger partial charge in [-0.05, 0) is 65.6 Å². The normalized spacial score (nSPS) is 12.1. The van der Waals surface area contributed by atoms with E-state index in [2.05, 4.69) is 57.8 Å². The van der Waals surface area contributed by atoms with Crippen molar-refractivity contribution in [2.24, 2.45) is 0 Å². The lowest BCUT2D eigenvalue weighted by atomic mass is 9.76. The fourth-order valence-electron chi connectivity index (χ4n) is 4.02. The Hall–Kier alpha value is -3.78. The lowest BCUT2D eigenvalue weighted by molar-refractivity contribution is -0.384. The fraction of sp³-hybridized carbons (Fsp3) is 0.345. The van der Waals surface area contributed by atoms with Crippen LogP contribution in [0.3, 0.4) is 0 Å². The summed E-state index contributed by atoms with van der Waals surface area (Å²) in [6.07, 6.45) is 1.68. The molecule has 0 saturated carbocycles. The topological polar surface area (TPSA) is 100 Å². The Morgan fingerprint density at radius 2 is 1.58 bits per heavy atom. The molecule has 0 amide bonds. The van der Waals surface area contributed by atoms with Crippen LogP contribution in [-0.2, 0) is 10.8 Å². The first-order chi connectivity index (χ1) is 17.9. The van der Waals surface area contributed by atoms with Crippen molar-refractivity contribution in [1.29, 1.82) is 0 Å². The largest absolute Gasteiger partial charge is 0.420 e. The standard InChI is InChI=1S/C29H31ClN4O4/c1-7-28(3,4)19-15-22(29(5,6)8-2)26(38-27(35)18-9-12-21(13-10-18)34(36)37)25(16-19)33-31-23-14-11-20(30)17-24(23)32-33/h9-17H,7-8H2,1-6H3. The van der Waals surface area contributed by atoms with Crippen molar-refractivity contribution in [2.45, 2.75) is 65.2 Å². The van der Waals surface area contributed by atoms with E-state index in [4.69, 9.17) is 16.3 Å². The fourth-order valence-corrected chi connectivity index (χ4v) is 4.19. The third-order valence-corrected chi connectivity index (χ3v) is 7.65. The molecule has 8 nitrogen and oxygen atoms in total. The van der Waals surface area contributed by atoms with E-state index in [-0.39, 0.29) is 22.1 Å². The van der Waals surface area contributed by atoms with Gasteiger partial charge in [0.2, 0.25) is 0 Å². The number of nitrogens with zero attached hydrogens (tertiary/aromatic N) is 4. The second-order valence-corrected chi connectivity index (χ2v) is 11.1. The van der Waals surface area contributed by atoms with Crippen molar-refractivity contribution in [3.63, 3.8) is 0 Å². The summed E-state index contributed by atoms with van der Waals surface area (Å²) >= 11 is 6.19. The summed E-state index contributed by atoms with van der Waals surface area (Å²) in [5.74, 6) is -0.279. The Labute approximate surface area is 226 Å². The first kappa shape index (κ1) is 27.3. The molecule has 4 rings (SSSR count). The zero-order valence-electron chi connectivity index (χ0n) is 22.4. The highest BCUT2D eigenvalue weighted by molar-refractivity contribution is 6.31. The highest BCUT2D eigenvalue weighted by Crippen LogP contribution is 2.42. The van der Waals surface area contributed by atoms with Crippen molar-refractivity contribution in [3.05, 3.63) is 86.4 Å². The van der Waals surface area contributed by atoms with Crippen molar-refractivity contribution in [1.82, 2.24) is 15.0 Å². The lowest BCUT2D eigenvalue weighted by Gasteiger charge is -2.31. The van der Waals surface area contributed by atoms with E-state index in [1.165, 1.54) is 29.1 Å². The maximum Gasteiger partial charge on any atom is 0.343 e. The molecule has 0 saturated heterocycles. The second-order valence-electron chi connectivity index (χ2n) is 10.7. The number of carbonyl (C=O) groups excluding carboxylic acids is 1. The van der Waals surface area contributed by atoms with Crippen LogP contribution in [0.5, 0.6) is 5.75 Å². The number of aromatic nitrogens is 3. The van der Waals surface area contributed by atoms with Crippen LogP contribution in [-0.4, -0.2) is 25.9 Å². The van der Waals surface area contributed by atoms with Gasteiger partial charge in [0.05, 0.1) is 10.5 Å². The number of carbonyl (C=O) groups is 1. The van der Waals surface area contributed by atoms with E-state index in [1.807, 2.05) is 6.07 Å². The predicted octanol–water partition coefficient (Wildman–Crippen LogP) is 7.58. The summed E-state index contributed by atoms with van der Waals surface area (Å²) < 4.78 is 6.09. The van der Waals surface area contributed by atoms with Gasteiger partial charge in [-0.1, -0.05) is 59.2 Å². The number of rotatable bonds is 8. The summed E-state index contributed by atoms with van der Waals surface area (Å²) in [5.41, 5.74) is 3.30.